The van der Waals surface area contributed by atoms with Crippen LogP contribution in [0.3, 0.4) is 0 Å². The van der Waals surface area contributed by atoms with Crippen molar-refractivity contribution < 1.29 is 9.50 Å². The molecule has 0 aromatic heterocycles. The van der Waals surface area contributed by atoms with Crippen molar-refractivity contribution in [3.8, 4) is 0 Å². The summed E-state index contributed by atoms with van der Waals surface area (Å²) in [6, 6.07) is 5.81. The summed E-state index contributed by atoms with van der Waals surface area (Å²) in [4.78, 5) is 6.34. The number of nitrogens with two attached hydrogens (primary N) is 1. The first-order chi connectivity index (χ1) is 9.49. The Morgan fingerprint density at radius 2 is 1.90 bits per heavy atom. The molecule has 3 N–H and O–H groups in total. The van der Waals surface area contributed by atoms with Crippen molar-refractivity contribution in [2.75, 3.05) is 19.6 Å². The van der Waals surface area contributed by atoms with Gasteiger partial charge in [0.1, 0.15) is 11.4 Å². The molecule has 1 aromatic rings. The summed E-state index contributed by atoms with van der Waals surface area (Å²) >= 11 is 0. The van der Waals surface area contributed by atoms with E-state index < -0.39 is 5.60 Å². The Morgan fingerprint density at radius 3 is 2.50 bits per heavy atom. The van der Waals surface area contributed by atoms with Gasteiger partial charge in [0.2, 0.25) is 0 Å². The maximum Gasteiger partial charge on any atom is 0.191 e. The van der Waals surface area contributed by atoms with Gasteiger partial charge in [-0.1, -0.05) is 12.1 Å². The molecule has 1 unspecified atom stereocenters. The van der Waals surface area contributed by atoms with Gasteiger partial charge in [-0.2, -0.15) is 0 Å². The number of hydrogen-bond donors (Lipinski definition) is 2. The van der Waals surface area contributed by atoms with Gasteiger partial charge in [0.15, 0.2) is 5.96 Å². The monoisotopic (exact) mass is 279 g/mol. The van der Waals surface area contributed by atoms with Crippen LogP contribution in [0.25, 0.3) is 0 Å². The van der Waals surface area contributed by atoms with Crippen LogP contribution in [0.5, 0.6) is 0 Å². The van der Waals surface area contributed by atoms with E-state index in [1.807, 2.05) is 4.90 Å². The number of benzene rings is 1. The van der Waals surface area contributed by atoms with E-state index in [0.717, 1.165) is 25.9 Å². The Labute approximate surface area is 119 Å². The van der Waals surface area contributed by atoms with Gasteiger partial charge in [0.05, 0.1) is 6.54 Å². The Morgan fingerprint density at radius 1 is 1.30 bits per heavy atom. The maximum atomic E-state index is 12.9. The van der Waals surface area contributed by atoms with E-state index in [4.69, 9.17) is 5.73 Å². The van der Waals surface area contributed by atoms with E-state index in [-0.39, 0.29) is 12.4 Å². The summed E-state index contributed by atoms with van der Waals surface area (Å²) in [5, 5.41) is 10.4. The SMILES string of the molecule is CC(O)(CN=C(N)N1CCCCC1)c1ccc(F)cc1. The second-order valence-corrected chi connectivity index (χ2v) is 5.50. The second kappa shape index (κ2) is 6.22. The first-order valence-corrected chi connectivity index (χ1v) is 7.02. The first-order valence-electron chi connectivity index (χ1n) is 7.02. The minimum absolute atomic E-state index is 0.168. The van der Waals surface area contributed by atoms with Crippen molar-refractivity contribution in [3.63, 3.8) is 0 Å². The number of aliphatic hydroxyl groups is 1. The van der Waals surface area contributed by atoms with Crippen molar-refractivity contribution in [2.45, 2.75) is 31.8 Å². The molecule has 0 aliphatic carbocycles. The molecule has 0 spiro atoms. The molecule has 0 radical (unpaired) electrons. The van der Waals surface area contributed by atoms with Gasteiger partial charge in [-0.15, -0.1) is 0 Å². The lowest BCUT2D eigenvalue weighted by atomic mass is 9.96. The summed E-state index contributed by atoms with van der Waals surface area (Å²) in [5.41, 5.74) is 5.45. The fourth-order valence-electron chi connectivity index (χ4n) is 2.36. The predicted octanol–water partition coefficient (Wildman–Crippen LogP) is 1.83. The normalized spacial score (nSPS) is 19.8. The molecule has 2 rings (SSSR count). The highest BCUT2D eigenvalue weighted by Gasteiger charge is 2.23. The number of likely N-dealkylation sites (tertiary alicyclic amines) is 1. The van der Waals surface area contributed by atoms with Gasteiger partial charge in [-0.05, 0) is 43.9 Å². The van der Waals surface area contributed by atoms with Crippen molar-refractivity contribution in [2.24, 2.45) is 10.7 Å². The third kappa shape index (κ3) is 3.70. The van der Waals surface area contributed by atoms with Gasteiger partial charge in [-0.25, -0.2) is 9.38 Å². The lowest BCUT2D eigenvalue weighted by Gasteiger charge is -2.28. The first kappa shape index (κ1) is 14.8. The minimum Gasteiger partial charge on any atom is -0.384 e. The third-order valence-electron chi connectivity index (χ3n) is 3.70. The van der Waals surface area contributed by atoms with E-state index in [1.165, 1.54) is 18.6 Å². The molecular formula is C15H22FN3O. The highest BCUT2D eigenvalue weighted by atomic mass is 19.1. The molecule has 1 saturated heterocycles. The molecule has 20 heavy (non-hydrogen) atoms. The second-order valence-electron chi connectivity index (χ2n) is 5.50. The molecule has 0 bridgehead atoms. The van der Waals surface area contributed by atoms with Crippen LogP contribution in [-0.4, -0.2) is 35.6 Å². The minimum atomic E-state index is -1.14. The smallest absolute Gasteiger partial charge is 0.191 e. The van der Waals surface area contributed by atoms with Crippen molar-refractivity contribution in [1.82, 2.24) is 4.90 Å². The van der Waals surface area contributed by atoms with Gasteiger partial charge in [0, 0.05) is 13.1 Å². The molecule has 1 aromatic carbocycles. The van der Waals surface area contributed by atoms with Crippen LogP contribution in [0.15, 0.2) is 29.3 Å². The zero-order chi connectivity index (χ0) is 14.6. The van der Waals surface area contributed by atoms with Crippen LogP contribution in [0, 0.1) is 5.82 Å². The number of piperidine rings is 1. The van der Waals surface area contributed by atoms with E-state index in [2.05, 4.69) is 4.99 Å². The summed E-state index contributed by atoms with van der Waals surface area (Å²) in [6.07, 6.45) is 3.49. The molecule has 4 nitrogen and oxygen atoms in total. The predicted molar refractivity (Wildman–Crippen MR) is 77.9 cm³/mol. The van der Waals surface area contributed by atoms with Crippen molar-refractivity contribution in [3.05, 3.63) is 35.6 Å². The van der Waals surface area contributed by atoms with Crippen LogP contribution in [0.2, 0.25) is 0 Å². The number of nitrogens with zero attached hydrogens (tertiary/aromatic N) is 2. The molecule has 1 fully saturated rings. The number of guanidine groups is 1. The number of aliphatic imine (C=N–C) groups is 1. The molecule has 110 valence electrons. The van der Waals surface area contributed by atoms with Crippen molar-refractivity contribution >= 4 is 5.96 Å². The zero-order valence-corrected chi connectivity index (χ0v) is 11.8. The van der Waals surface area contributed by atoms with Crippen LogP contribution in [0.4, 0.5) is 4.39 Å². The third-order valence-corrected chi connectivity index (χ3v) is 3.70. The van der Waals surface area contributed by atoms with Gasteiger partial charge < -0.3 is 15.7 Å². The molecule has 1 aliphatic heterocycles. The molecule has 1 aliphatic rings. The molecule has 1 heterocycles. The van der Waals surface area contributed by atoms with E-state index in [1.54, 1.807) is 19.1 Å². The molecule has 5 heteroatoms. The van der Waals surface area contributed by atoms with Crippen LogP contribution >= 0.6 is 0 Å². The van der Waals surface area contributed by atoms with Gasteiger partial charge in [-0.3, -0.25) is 0 Å². The fourth-order valence-corrected chi connectivity index (χ4v) is 2.36. The average Bonchev–Trinajstić information content (AvgIpc) is 2.46. The lowest BCUT2D eigenvalue weighted by Crippen LogP contribution is -2.41. The molecular weight excluding hydrogens is 257 g/mol. The van der Waals surface area contributed by atoms with Crippen LogP contribution < -0.4 is 5.73 Å². The van der Waals surface area contributed by atoms with Crippen molar-refractivity contribution in [1.29, 1.82) is 0 Å². The summed E-state index contributed by atoms with van der Waals surface area (Å²) < 4.78 is 12.9. The van der Waals surface area contributed by atoms with Gasteiger partial charge >= 0.3 is 0 Å². The Kier molecular flexibility index (Phi) is 4.60. The largest absolute Gasteiger partial charge is 0.384 e. The molecule has 1 atom stereocenters. The lowest BCUT2D eigenvalue weighted by molar-refractivity contribution is 0.0669. The Hall–Kier alpha value is -1.62. The average molecular weight is 279 g/mol. The fraction of sp³-hybridized carbons (Fsp3) is 0.533. The number of halogens is 1. The summed E-state index contributed by atoms with van der Waals surface area (Å²) in [7, 11) is 0. The zero-order valence-electron chi connectivity index (χ0n) is 11.8. The Bertz CT molecular complexity index is 465. The Balaban J connectivity index is 2.01. The van der Waals surface area contributed by atoms with E-state index in [0.29, 0.717) is 11.5 Å². The quantitative estimate of drug-likeness (QED) is 0.655. The standard InChI is InChI=1S/C15H22FN3O/c1-15(20,12-5-7-13(16)8-6-12)11-18-14(17)19-9-3-2-4-10-19/h5-8,20H,2-4,9-11H2,1H3,(H2,17,18). The van der Waals surface area contributed by atoms with Crippen LogP contribution in [-0.2, 0) is 5.60 Å². The van der Waals surface area contributed by atoms with E-state index in [9.17, 15) is 9.50 Å². The molecule has 0 amide bonds. The topological polar surface area (TPSA) is 61.9 Å². The number of hydrogen-bond acceptors (Lipinski definition) is 2. The molecule has 0 saturated carbocycles. The summed E-state index contributed by atoms with van der Waals surface area (Å²) in [5.74, 6) is 0.160. The maximum absolute atomic E-state index is 12.9. The highest BCUT2D eigenvalue weighted by Crippen LogP contribution is 2.21. The highest BCUT2D eigenvalue weighted by molar-refractivity contribution is 5.78. The van der Waals surface area contributed by atoms with Crippen LogP contribution in [0.1, 0.15) is 31.7 Å². The number of rotatable bonds is 3. The van der Waals surface area contributed by atoms with E-state index >= 15 is 0 Å². The summed E-state index contributed by atoms with van der Waals surface area (Å²) in [6.45, 7) is 3.68. The van der Waals surface area contributed by atoms with Gasteiger partial charge in [0.25, 0.3) is 0 Å².